The molecule has 0 unspecified atom stereocenters. The second-order valence-electron chi connectivity index (χ2n) is 5.27. The summed E-state index contributed by atoms with van der Waals surface area (Å²) in [4.78, 5) is 21.1. The SMILES string of the molecule is CCNC(=NCc1cccc(F)c1)NCCNC(=O)c1scnc1C.I. The van der Waals surface area contributed by atoms with E-state index in [1.54, 1.807) is 11.6 Å². The molecular weight excluding hydrogens is 468 g/mol. The quantitative estimate of drug-likeness (QED) is 0.241. The van der Waals surface area contributed by atoms with E-state index in [2.05, 4.69) is 25.9 Å². The van der Waals surface area contributed by atoms with E-state index in [1.165, 1.54) is 23.5 Å². The molecule has 0 radical (unpaired) electrons. The number of halogens is 2. The van der Waals surface area contributed by atoms with Crippen LogP contribution in [-0.2, 0) is 6.54 Å². The molecule has 9 heteroatoms. The number of carbonyl (C=O) groups excluding carboxylic acids is 1. The summed E-state index contributed by atoms with van der Waals surface area (Å²) in [6.45, 7) is 5.85. The molecule has 0 aliphatic carbocycles. The molecule has 0 saturated carbocycles. The summed E-state index contributed by atoms with van der Waals surface area (Å²) < 4.78 is 13.2. The first kappa shape index (κ1) is 22.3. The summed E-state index contributed by atoms with van der Waals surface area (Å²) >= 11 is 1.33. The Labute approximate surface area is 173 Å². The molecule has 142 valence electrons. The van der Waals surface area contributed by atoms with Crippen molar-refractivity contribution in [2.45, 2.75) is 20.4 Å². The van der Waals surface area contributed by atoms with Crippen LogP contribution in [0, 0.1) is 12.7 Å². The second kappa shape index (κ2) is 11.8. The molecule has 26 heavy (non-hydrogen) atoms. The van der Waals surface area contributed by atoms with Crippen LogP contribution in [0.2, 0.25) is 0 Å². The van der Waals surface area contributed by atoms with E-state index in [0.29, 0.717) is 37.0 Å². The fourth-order valence-corrected chi connectivity index (χ4v) is 2.82. The monoisotopic (exact) mass is 491 g/mol. The summed E-state index contributed by atoms with van der Waals surface area (Å²) in [6, 6.07) is 6.36. The number of nitrogens with zero attached hydrogens (tertiary/aromatic N) is 2. The van der Waals surface area contributed by atoms with Crippen LogP contribution in [0.5, 0.6) is 0 Å². The van der Waals surface area contributed by atoms with Crippen molar-refractivity contribution in [2.24, 2.45) is 4.99 Å². The molecule has 2 aromatic rings. The normalized spacial score (nSPS) is 10.8. The Morgan fingerprint density at radius 1 is 1.27 bits per heavy atom. The van der Waals surface area contributed by atoms with E-state index in [-0.39, 0.29) is 35.7 Å². The van der Waals surface area contributed by atoms with Crippen LogP contribution in [0.1, 0.15) is 27.9 Å². The zero-order valence-corrected chi connectivity index (χ0v) is 17.9. The third kappa shape index (κ3) is 7.24. The van der Waals surface area contributed by atoms with Crippen molar-refractivity contribution >= 4 is 47.2 Å². The molecule has 1 aromatic carbocycles. The van der Waals surface area contributed by atoms with Crippen LogP contribution in [0.25, 0.3) is 0 Å². The van der Waals surface area contributed by atoms with E-state index >= 15 is 0 Å². The summed E-state index contributed by atoms with van der Waals surface area (Å²) in [5, 5.41) is 9.10. The molecule has 0 aliphatic heterocycles. The highest BCUT2D eigenvalue weighted by molar-refractivity contribution is 14.0. The summed E-state index contributed by atoms with van der Waals surface area (Å²) in [5.74, 6) is 0.227. The summed E-state index contributed by atoms with van der Waals surface area (Å²) in [6.07, 6.45) is 0. The number of guanidine groups is 1. The van der Waals surface area contributed by atoms with Gasteiger partial charge in [0.2, 0.25) is 0 Å². The van der Waals surface area contributed by atoms with Crippen molar-refractivity contribution in [1.82, 2.24) is 20.9 Å². The second-order valence-corrected chi connectivity index (χ2v) is 6.13. The number of aryl methyl sites for hydroxylation is 1. The molecule has 1 amide bonds. The van der Waals surface area contributed by atoms with Gasteiger partial charge < -0.3 is 16.0 Å². The van der Waals surface area contributed by atoms with Crippen LogP contribution in [0.3, 0.4) is 0 Å². The Morgan fingerprint density at radius 2 is 2.04 bits per heavy atom. The fourth-order valence-electron chi connectivity index (χ4n) is 2.10. The Bertz CT molecular complexity index is 737. The number of benzene rings is 1. The standard InChI is InChI=1S/C17H22FN5OS.HI/c1-3-19-17(22-10-13-5-4-6-14(18)9-13)21-8-7-20-16(24)15-12(2)23-11-25-15;/h4-6,9,11H,3,7-8,10H2,1-2H3,(H,20,24)(H2,19,21,22);1H. The van der Waals surface area contributed by atoms with Gasteiger partial charge >= 0.3 is 0 Å². The topological polar surface area (TPSA) is 78.4 Å². The van der Waals surface area contributed by atoms with Crippen LogP contribution in [-0.4, -0.2) is 36.5 Å². The van der Waals surface area contributed by atoms with Gasteiger partial charge in [-0.2, -0.15) is 0 Å². The summed E-state index contributed by atoms with van der Waals surface area (Å²) in [7, 11) is 0. The molecule has 0 saturated heterocycles. The number of thiazole rings is 1. The van der Waals surface area contributed by atoms with Crippen LogP contribution >= 0.6 is 35.3 Å². The number of hydrogen-bond donors (Lipinski definition) is 3. The molecule has 0 aliphatic rings. The zero-order chi connectivity index (χ0) is 18.1. The Balaban J connectivity index is 0.00000338. The van der Waals surface area contributed by atoms with Gasteiger partial charge in [0.25, 0.3) is 5.91 Å². The van der Waals surface area contributed by atoms with Crippen LogP contribution in [0.4, 0.5) is 4.39 Å². The molecular formula is C17H23FIN5OS. The largest absolute Gasteiger partial charge is 0.357 e. The van der Waals surface area contributed by atoms with Crippen molar-refractivity contribution < 1.29 is 9.18 Å². The molecule has 0 atom stereocenters. The maximum Gasteiger partial charge on any atom is 0.263 e. The van der Waals surface area contributed by atoms with E-state index < -0.39 is 0 Å². The average Bonchev–Trinajstić information content (AvgIpc) is 3.02. The molecule has 0 spiro atoms. The lowest BCUT2D eigenvalue weighted by Gasteiger charge is -2.11. The molecule has 1 aromatic heterocycles. The third-order valence-corrected chi connectivity index (χ3v) is 4.24. The first-order valence-electron chi connectivity index (χ1n) is 8.05. The van der Waals surface area contributed by atoms with Gasteiger partial charge in [0.15, 0.2) is 5.96 Å². The molecule has 0 bridgehead atoms. The predicted octanol–water partition coefficient (Wildman–Crippen LogP) is 2.69. The first-order valence-corrected chi connectivity index (χ1v) is 8.93. The van der Waals surface area contributed by atoms with E-state index in [4.69, 9.17) is 0 Å². The van der Waals surface area contributed by atoms with Gasteiger partial charge in [-0.3, -0.25) is 4.79 Å². The smallest absolute Gasteiger partial charge is 0.263 e. The summed E-state index contributed by atoms with van der Waals surface area (Å²) in [5.41, 5.74) is 3.19. The third-order valence-electron chi connectivity index (χ3n) is 3.31. The molecule has 0 fully saturated rings. The highest BCUT2D eigenvalue weighted by Crippen LogP contribution is 2.11. The van der Waals surface area contributed by atoms with Gasteiger partial charge in [0, 0.05) is 19.6 Å². The number of nitrogens with one attached hydrogen (secondary N) is 3. The zero-order valence-electron chi connectivity index (χ0n) is 14.7. The number of aromatic nitrogens is 1. The maximum absolute atomic E-state index is 13.2. The van der Waals surface area contributed by atoms with Gasteiger partial charge in [0.05, 0.1) is 17.7 Å². The van der Waals surface area contributed by atoms with Crippen molar-refractivity contribution in [3.8, 4) is 0 Å². The van der Waals surface area contributed by atoms with Crippen molar-refractivity contribution in [3.63, 3.8) is 0 Å². The van der Waals surface area contributed by atoms with Crippen LogP contribution in [0.15, 0.2) is 34.8 Å². The van der Waals surface area contributed by atoms with Crippen LogP contribution < -0.4 is 16.0 Å². The Morgan fingerprint density at radius 3 is 2.69 bits per heavy atom. The molecule has 6 nitrogen and oxygen atoms in total. The predicted molar refractivity (Wildman–Crippen MR) is 114 cm³/mol. The molecule has 2 rings (SSSR count). The minimum atomic E-state index is -0.272. The van der Waals surface area contributed by atoms with E-state index in [9.17, 15) is 9.18 Å². The van der Waals surface area contributed by atoms with Gasteiger partial charge in [0.1, 0.15) is 10.7 Å². The van der Waals surface area contributed by atoms with Crippen molar-refractivity contribution in [3.05, 3.63) is 51.7 Å². The van der Waals surface area contributed by atoms with Gasteiger partial charge in [-0.05, 0) is 31.5 Å². The average molecular weight is 491 g/mol. The van der Waals surface area contributed by atoms with Gasteiger partial charge in [-0.25, -0.2) is 14.4 Å². The number of amides is 1. The Hall–Kier alpha value is -1.75. The maximum atomic E-state index is 13.2. The number of carbonyl (C=O) groups is 1. The molecule has 1 heterocycles. The number of aliphatic imine (C=N–C) groups is 1. The number of rotatable bonds is 7. The molecule has 3 N–H and O–H groups in total. The van der Waals surface area contributed by atoms with Gasteiger partial charge in [-0.1, -0.05) is 12.1 Å². The van der Waals surface area contributed by atoms with Crippen molar-refractivity contribution in [1.29, 1.82) is 0 Å². The minimum Gasteiger partial charge on any atom is -0.357 e. The van der Waals surface area contributed by atoms with E-state index in [1.807, 2.05) is 19.9 Å². The lowest BCUT2D eigenvalue weighted by atomic mass is 10.2. The highest BCUT2D eigenvalue weighted by atomic mass is 127. The lowest BCUT2D eigenvalue weighted by molar-refractivity contribution is 0.0957. The van der Waals surface area contributed by atoms with Crippen molar-refractivity contribution in [2.75, 3.05) is 19.6 Å². The van der Waals surface area contributed by atoms with Gasteiger partial charge in [-0.15, -0.1) is 35.3 Å². The van der Waals surface area contributed by atoms with E-state index in [0.717, 1.165) is 11.3 Å². The number of hydrogen-bond acceptors (Lipinski definition) is 4. The highest BCUT2D eigenvalue weighted by Gasteiger charge is 2.10. The minimum absolute atomic E-state index is 0. The Kier molecular flexibility index (Phi) is 10.1. The first-order chi connectivity index (χ1) is 12.1. The fraction of sp³-hybridized carbons (Fsp3) is 0.353. The lowest BCUT2D eigenvalue weighted by Crippen LogP contribution is -2.41.